The number of sulfonamides is 1. The molecule has 10 heteroatoms. The molecule has 7 nitrogen and oxygen atoms in total. The molecule has 0 unspecified atom stereocenters. The third-order valence-electron chi connectivity index (χ3n) is 1.82. The molecule has 0 fully saturated rings. The summed E-state index contributed by atoms with van der Waals surface area (Å²) < 4.78 is 25.3. The van der Waals surface area contributed by atoms with Crippen LogP contribution in [0.15, 0.2) is 6.33 Å². The van der Waals surface area contributed by atoms with Gasteiger partial charge in [0.05, 0.1) is 5.75 Å². The molecule has 0 amide bonds. The fourth-order valence-corrected chi connectivity index (χ4v) is 2.70. The molecule has 0 saturated carbocycles. The van der Waals surface area contributed by atoms with Crippen LogP contribution < -0.4 is 4.72 Å². The van der Waals surface area contributed by atoms with Gasteiger partial charge in [-0.25, -0.2) is 18.4 Å². The summed E-state index contributed by atoms with van der Waals surface area (Å²) in [6, 6.07) is 0. The van der Waals surface area contributed by atoms with Gasteiger partial charge in [0.15, 0.2) is 10.3 Å². The number of hydrogen-bond acceptors (Lipinski definition) is 5. The number of aromatic nitrogens is 2. The molecule has 1 aromatic heterocycles. The average Bonchev–Trinajstić information content (AvgIpc) is 2.23. The highest BCUT2D eigenvalue weighted by molar-refractivity contribution is 7.92. The zero-order chi connectivity index (χ0) is 13.8. The van der Waals surface area contributed by atoms with Crippen molar-refractivity contribution >= 4 is 44.9 Å². The molecule has 0 aliphatic carbocycles. The monoisotopic (exact) mass is 313 g/mol. The molecule has 0 bridgehead atoms. The number of nitrogens with zero attached hydrogens (tertiary/aromatic N) is 2. The minimum absolute atomic E-state index is 0.0202. The summed E-state index contributed by atoms with van der Waals surface area (Å²) in [5, 5.41) is 8.15. The fourth-order valence-electron chi connectivity index (χ4n) is 1.05. The van der Waals surface area contributed by atoms with E-state index in [2.05, 4.69) is 14.7 Å². The van der Waals surface area contributed by atoms with E-state index in [1.165, 1.54) is 0 Å². The third kappa shape index (κ3) is 4.63. The summed E-state index contributed by atoms with van der Waals surface area (Å²) in [6.45, 7) is 0. The Bertz CT molecular complexity index is 529. The smallest absolute Gasteiger partial charge is 0.303 e. The van der Waals surface area contributed by atoms with Gasteiger partial charge in [-0.05, 0) is 6.42 Å². The molecule has 0 spiro atoms. The lowest BCUT2D eigenvalue weighted by Gasteiger charge is -2.09. The van der Waals surface area contributed by atoms with Gasteiger partial charge in [-0.1, -0.05) is 23.2 Å². The van der Waals surface area contributed by atoms with E-state index >= 15 is 0 Å². The normalized spacial score (nSPS) is 11.2. The molecule has 1 rings (SSSR count). The van der Waals surface area contributed by atoms with E-state index in [4.69, 9.17) is 28.3 Å². The highest BCUT2D eigenvalue weighted by Gasteiger charge is 2.16. The van der Waals surface area contributed by atoms with Gasteiger partial charge in [0, 0.05) is 6.42 Å². The largest absolute Gasteiger partial charge is 0.481 e. The number of halogens is 2. The van der Waals surface area contributed by atoms with Crippen LogP contribution >= 0.6 is 23.2 Å². The van der Waals surface area contributed by atoms with Crippen LogP contribution in [0.3, 0.4) is 0 Å². The third-order valence-corrected chi connectivity index (χ3v) is 3.73. The molecule has 0 aliphatic rings. The number of carbonyl (C=O) groups is 1. The van der Waals surface area contributed by atoms with Crippen molar-refractivity contribution in [3.05, 3.63) is 16.6 Å². The lowest BCUT2D eigenvalue weighted by Crippen LogP contribution is -2.18. The van der Waals surface area contributed by atoms with Crippen molar-refractivity contribution in [3.63, 3.8) is 0 Å². The molecule has 0 aliphatic heterocycles. The SMILES string of the molecule is O=C(O)CCCS(=O)(=O)Nc1c(Cl)ncnc1Cl. The number of rotatable bonds is 6. The quantitative estimate of drug-likeness (QED) is 0.768. The molecule has 18 heavy (non-hydrogen) atoms. The highest BCUT2D eigenvalue weighted by atomic mass is 35.5. The highest BCUT2D eigenvalue weighted by Crippen LogP contribution is 2.26. The second-order valence-corrected chi connectivity index (χ2v) is 5.81. The zero-order valence-electron chi connectivity index (χ0n) is 8.93. The predicted molar refractivity (Wildman–Crippen MR) is 66.3 cm³/mol. The van der Waals surface area contributed by atoms with Crippen molar-refractivity contribution in [1.29, 1.82) is 0 Å². The van der Waals surface area contributed by atoms with Crippen molar-refractivity contribution < 1.29 is 18.3 Å². The summed E-state index contributed by atoms with van der Waals surface area (Å²) in [4.78, 5) is 17.4. The van der Waals surface area contributed by atoms with Crippen molar-refractivity contribution in [2.45, 2.75) is 12.8 Å². The topological polar surface area (TPSA) is 109 Å². The average molecular weight is 314 g/mol. The molecule has 1 aromatic rings. The van der Waals surface area contributed by atoms with Crippen LogP contribution in [0.5, 0.6) is 0 Å². The van der Waals surface area contributed by atoms with Crippen molar-refractivity contribution in [2.24, 2.45) is 0 Å². The van der Waals surface area contributed by atoms with E-state index in [0.717, 1.165) is 6.33 Å². The van der Waals surface area contributed by atoms with Crippen LogP contribution in [0, 0.1) is 0 Å². The maximum atomic E-state index is 11.6. The van der Waals surface area contributed by atoms with Crippen LogP contribution in [-0.2, 0) is 14.8 Å². The first-order valence-corrected chi connectivity index (χ1v) is 7.11. The summed E-state index contributed by atoms with van der Waals surface area (Å²) in [6.07, 6.45) is 0.828. The van der Waals surface area contributed by atoms with Gasteiger partial charge in [-0.2, -0.15) is 0 Å². The predicted octanol–water partition coefficient (Wildman–Crippen LogP) is 1.39. The first-order chi connectivity index (χ1) is 8.32. The lowest BCUT2D eigenvalue weighted by molar-refractivity contribution is -0.137. The van der Waals surface area contributed by atoms with E-state index in [1.807, 2.05) is 0 Å². The molecule has 100 valence electrons. The zero-order valence-corrected chi connectivity index (χ0v) is 11.3. The lowest BCUT2D eigenvalue weighted by atomic mass is 10.3. The van der Waals surface area contributed by atoms with Crippen LogP contribution in [0.4, 0.5) is 5.69 Å². The fraction of sp³-hybridized carbons (Fsp3) is 0.375. The Morgan fingerprint density at radius 2 is 1.89 bits per heavy atom. The van der Waals surface area contributed by atoms with E-state index in [1.54, 1.807) is 0 Å². The van der Waals surface area contributed by atoms with Gasteiger partial charge in [-0.3, -0.25) is 9.52 Å². The molecule has 0 radical (unpaired) electrons. The summed E-state index contributed by atoms with van der Waals surface area (Å²) >= 11 is 11.3. The van der Waals surface area contributed by atoms with Crippen LogP contribution in [-0.4, -0.2) is 35.2 Å². The minimum atomic E-state index is -3.74. The number of carboxylic acid groups (broad SMARTS) is 1. The second kappa shape index (κ2) is 6.17. The van der Waals surface area contributed by atoms with E-state index < -0.39 is 16.0 Å². The van der Waals surface area contributed by atoms with Crippen molar-refractivity contribution in [2.75, 3.05) is 10.5 Å². The van der Waals surface area contributed by atoms with E-state index in [0.29, 0.717) is 0 Å². The van der Waals surface area contributed by atoms with Crippen LogP contribution in [0.1, 0.15) is 12.8 Å². The number of aliphatic carboxylic acids is 1. The summed E-state index contributed by atoms with van der Waals surface area (Å²) in [5.41, 5.74) is -0.115. The Morgan fingerprint density at radius 1 is 1.33 bits per heavy atom. The van der Waals surface area contributed by atoms with Crippen molar-refractivity contribution in [3.8, 4) is 0 Å². The van der Waals surface area contributed by atoms with Gasteiger partial charge in [0.25, 0.3) is 0 Å². The maximum absolute atomic E-state index is 11.6. The molecular formula is C8H9Cl2N3O4S. The number of hydrogen-bond donors (Lipinski definition) is 2. The van der Waals surface area contributed by atoms with Gasteiger partial charge in [-0.15, -0.1) is 0 Å². The van der Waals surface area contributed by atoms with Crippen LogP contribution in [0.25, 0.3) is 0 Å². The Hall–Kier alpha value is -1.12. The van der Waals surface area contributed by atoms with E-state index in [9.17, 15) is 13.2 Å². The molecular weight excluding hydrogens is 305 g/mol. The molecule has 2 N–H and O–H groups in total. The maximum Gasteiger partial charge on any atom is 0.303 e. The van der Waals surface area contributed by atoms with E-state index in [-0.39, 0.29) is 34.6 Å². The number of anilines is 1. The Balaban J connectivity index is 2.74. The first kappa shape index (κ1) is 14.9. The second-order valence-electron chi connectivity index (χ2n) is 3.25. The number of carboxylic acids is 1. The Morgan fingerprint density at radius 3 is 2.39 bits per heavy atom. The van der Waals surface area contributed by atoms with Crippen LogP contribution in [0.2, 0.25) is 10.3 Å². The minimum Gasteiger partial charge on any atom is -0.481 e. The van der Waals surface area contributed by atoms with Gasteiger partial charge in [0.2, 0.25) is 10.0 Å². The first-order valence-electron chi connectivity index (χ1n) is 4.70. The Kier molecular flexibility index (Phi) is 5.12. The Labute approximate surface area is 113 Å². The molecule has 0 atom stereocenters. The molecule has 0 saturated heterocycles. The number of nitrogens with one attached hydrogen (secondary N) is 1. The summed E-state index contributed by atoms with van der Waals surface area (Å²) in [7, 11) is -3.74. The summed E-state index contributed by atoms with van der Waals surface area (Å²) in [5.74, 6) is -1.43. The van der Waals surface area contributed by atoms with Gasteiger partial charge < -0.3 is 5.11 Å². The van der Waals surface area contributed by atoms with Crippen molar-refractivity contribution in [1.82, 2.24) is 9.97 Å². The molecule has 0 aromatic carbocycles. The molecule has 1 heterocycles. The standard InChI is InChI=1S/C8H9Cl2N3O4S/c9-7-6(8(10)12-4-11-7)13-18(16,17)3-1-2-5(14)15/h4,13H,1-3H2,(H,14,15). The van der Waals surface area contributed by atoms with Gasteiger partial charge in [0.1, 0.15) is 12.0 Å². The van der Waals surface area contributed by atoms with Gasteiger partial charge >= 0.3 is 5.97 Å².